The van der Waals surface area contributed by atoms with E-state index in [1.54, 1.807) is 0 Å². The van der Waals surface area contributed by atoms with Gasteiger partial charge in [-0.2, -0.15) is 4.98 Å². The molecule has 3 nitrogen and oxygen atoms in total. The van der Waals surface area contributed by atoms with Gasteiger partial charge in [0.25, 0.3) is 5.89 Å². The Balaban J connectivity index is 1.86. The van der Waals surface area contributed by atoms with Gasteiger partial charge in [-0.25, -0.2) is 0 Å². The molecule has 1 heterocycles. The maximum atomic E-state index is 6.22. The summed E-state index contributed by atoms with van der Waals surface area (Å²) in [6, 6.07) is 6.40. The first-order valence-corrected chi connectivity index (χ1v) is 7.31. The van der Waals surface area contributed by atoms with E-state index in [0.717, 1.165) is 24.8 Å². The van der Waals surface area contributed by atoms with Gasteiger partial charge in [0.15, 0.2) is 5.82 Å². The number of rotatable bonds is 4. The molecular weight excluding hydrogens is 260 g/mol. The minimum absolute atomic E-state index is 0.156. The van der Waals surface area contributed by atoms with Crippen LogP contribution in [-0.2, 0) is 12.8 Å². The van der Waals surface area contributed by atoms with Crippen LogP contribution in [0.1, 0.15) is 48.5 Å². The molecule has 1 aliphatic carbocycles. The van der Waals surface area contributed by atoms with Crippen LogP contribution in [0, 0.1) is 0 Å². The van der Waals surface area contributed by atoms with E-state index >= 15 is 0 Å². The second-order valence-corrected chi connectivity index (χ2v) is 5.58. The van der Waals surface area contributed by atoms with Crippen molar-refractivity contribution in [3.63, 3.8) is 0 Å². The summed E-state index contributed by atoms with van der Waals surface area (Å²) in [7, 11) is 0. The zero-order valence-corrected chi connectivity index (χ0v) is 11.8. The largest absolute Gasteiger partial charge is 0.334 e. The Morgan fingerprint density at radius 2 is 2.16 bits per heavy atom. The number of fused-ring (bicyclic) bond motifs is 1. The topological polar surface area (TPSA) is 38.9 Å². The van der Waals surface area contributed by atoms with Gasteiger partial charge in [0, 0.05) is 5.56 Å². The molecule has 0 spiro atoms. The van der Waals surface area contributed by atoms with Crippen LogP contribution in [0.4, 0.5) is 0 Å². The van der Waals surface area contributed by atoms with E-state index in [0.29, 0.717) is 11.7 Å². The first kappa shape index (κ1) is 12.7. The van der Waals surface area contributed by atoms with Gasteiger partial charge in [-0.15, -0.1) is 11.6 Å². The fourth-order valence-corrected chi connectivity index (χ4v) is 2.87. The van der Waals surface area contributed by atoms with E-state index in [1.807, 2.05) is 0 Å². The molecule has 1 aromatic carbocycles. The van der Waals surface area contributed by atoms with Gasteiger partial charge in [-0.3, -0.25) is 0 Å². The van der Waals surface area contributed by atoms with Crippen molar-refractivity contribution in [1.82, 2.24) is 10.1 Å². The van der Waals surface area contributed by atoms with Crippen molar-refractivity contribution < 1.29 is 4.52 Å². The van der Waals surface area contributed by atoms with Crippen molar-refractivity contribution in [1.29, 1.82) is 0 Å². The van der Waals surface area contributed by atoms with Gasteiger partial charge in [0.2, 0.25) is 0 Å². The van der Waals surface area contributed by atoms with Crippen molar-refractivity contribution in [3.8, 4) is 11.5 Å². The predicted molar refractivity (Wildman–Crippen MR) is 75.3 cm³/mol. The lowest BCUT2D eigenvalue weighted by Crippen LogP contribution is -1.92. The van der Waals surface area contributed by atoms with Crippen LogP contribution >= 0.6 is 11.6 Å². The molecule has 100 valence electrons. The molecule has 0 saturated carbocycles. The Labute approximate surface area is 118 Å². The molecule has 2 aromatic rings. The fourth-order valence-electron chi connectivity index (χ4n) is 2.57. The number of aromatic nitrogens is 2. The summed E-state index contributed by atoms with van der Waals surface area (Å²) in [6.45, 7) is 2.09. The maximum Gasteiger partial charge on any atom is 0.257 e. The average molecular weight is 277 g/mol. The first-order valence-electron chi connectivity index (χ1n) is 6.87. The van der Waals surface area contributed by atoms with E-state index in [4.69, 9.17) is 16.1 Å². The fraction of sp³-hybridized carbons (Fsp3) is 0.467. The Hall–Kier alpha value is -1.35. The zero-order chi connectivity index (χ0) is 13.2. The smallest absolute Gasteiger partial charge is 0.257 e. The third kappa shape index (κ3) is 2.52. The molecule has 19 heavy (non-hydrogen) atoms. The van der Waals surface area contributed by atoms with Crippen LogP contribution in [0.5, 0.6) is 0 Å². The number of alkyl halides is 1. The third-order valence-electron chi connectivity index (χ3n) is 3.61. The standard InChI is InChI=1S/C15H17ClN2O/c1-2-4-13(16)14-17-15(19-18-14)12-8-7-10-5-3-6-11(10)9-12/h7-9,13H,2-6H2,1H3. The lowest BCUT2D eigenvalue weighted by Gasteiger charge is -2.01. The minimum Gasteiger partial charge on any atom is -0.334 e. The van der Waals surface area contributed by atoms with Gasteiger partial charge in [0.05, 0.1) is 5.38 Å². The predicted octanol–water partition coefficient (Wildman–Crippen LogP) is 4.31. The summed E-state index contributed by atoms with van der Waals surface area (Å²) in [5.41, 5.74) is 3.86. The third-order valence-corrected chi connectivity index (χ3v) is 4.02. The summed E-state index contributed by atoms with van der Waals surface area (Å²) in [4.78, 5) is 4.41. The van der Waals surface area contributed by atoms with E-state index in [1.165, 1.54) is 24.0 Å². The highest BCUT2D eigenvalue weighted by atomic mass is 35.5. The van der Waals surface area contributed by atoms with Crippen LogP contribution in [0.2, 0.25) is 0 Å². The normalized spacial score (nSPS) is 15.5. The molecular formula is C15H17ClN2O. The summed E-state index contributed by atoms with van der Waals surface area (Å²) in [5, 5.41) is 3.83. The number of nitrogens with zero attached hydrogens (tertiary/aromatic N) is 2. The highest BCUT2D eigenvalue weighted by molar-refractivity contribution is 6.20. The highest BCUT2D eigenvalue weighted by Gasteiger charge is 2.17. The number of hydrogen-bond acceptors (Lipinski definition) is 3. The molecule has 0 saturated heterocycles. The number of benzene rings is 1. The summed E-state index contributed by atoms with van der Waals surface area (Å²) >= 11 is 6.22. The molecule has 1 aliphatic rings. The summed E-state index contributed by atoms with van der Waals surface area (Å²) in [5.74, 6) is 1.17. The van der Waals surface area contributed by atoms with Crippen LogP contribution in [0.25, 0.3) is 11.5 Å². The minimum atomic E-state index is -0.156. The molecule has 0 aliphatic heterocycles. The van der Waals surface area contributed by atoms with Crippen LogP contribution in [-0.4, -0.2) is 10.1 Å². The maximum absolute atomic E-state index is 6.22. The Morgan fingerprint density at radius 3 is 3.00 bits per heavy atom. The van der Waals surface area contributed by atoms with Gasteiger partial charge in [-0.1, -0.05) is 24.6 Å². The SMILES string of the molecule is CCCC(Cl)c1noc(-c2ccc3c(c2)CCC3)n1. The first-order chi connectivity index (χ1) is 9.28. The van der Waals surface area contributed by atoms with Crippen LogP contribution < -0.4 is 0 Å². The summed E-state index contributed by atoms with van der Waals surface area (Å²) in [6.07, 6.45) is 5.46. The van der Waals surface area contributed by atoms with Gasteiger partial charge in [-0.05, 0) is 48.9 Å². The number of aryl methyl sites for hydroxylation is 2. The molecule has 4 heteroatoms. The monoisotopic (exact) mass is 276 g/mol. The molecule has 0 bridgehead atoms. The van der Waals surface area contributed by atoms with Gasteiger partial charge < -0.3 is 4.52 Å². The Kier molecular flexibility index (Phi) is 3.56. The second-order valence-electron chi connectivity index (χ2n) is 5.05. The molecule has 0 amide bonds. The van der Waals surface area contributed by atoms with Gasteiger partial charge in [0.1, 0.15) is 0 Å². The number of hydrogen-bond donors (Lipinski definition) is 0. The molecule has 1 unspecified atom stereocenters. The molecule has 0 N–H and O–H groups in total. The summed E-state index contributed by atoms with van der Waals surface area (Å²) < 4.78 is 5.33. The van der Waals surface area contributed by atoms with E-state index in [-0.39, 0.29) is 5.38 Å². The van der Waals surface area contributed by atoms with Gasteiger partial charge >= 0.3 is 0 Å². The zero-order valence-electron chi connectivity index (χ0n) is 11.0. The van der Waals surface area contributed by atoms with Crippen LogP contribution in [0.15, 0.2) is 22.7 Å². The molecule has 3 rings (SSSR count). The molecule has 1 atom stereocenters. The number of halogens is 1. The quantitative estimate of drug-likeness (QED) is 0.781. The van der Waals surface area contributed by atoms with Crippen molar-refractivity contribution in [2.45, 2.75) is 44.4 Å². The van der Waals surface area contributed by atoms with E-state index in [2.05, 4.69) is 35.3 Å². The highest BCUT2D eigenvalue weighted by Crippen LogP contribution is 2.29. The van der Waals surface area contributed by atoms with E-state index < -0.39 is 0 Å². The lowest BCUT2D eigenvalue weighted by molar-refractivity contribution is 0.420. The second kappa shape index (κ2) is 5.33. The van der Waals surface area contributed by atoms with Crippen molar-refractivity contribution in [2.75, 3.05) is 0 Å². The Bertz CT molecular complexity index is 579. The van der Waals surface area contributed by atoms with E-state index in [9.17, 15) is 0 Å². The molecule has 1 aromatic heterocycles. The van der Waals surface area contributed by atoms with Crippen molar-refractivity contribution >= 4 is 11.6 Å². The molecule has 0 radical (unpaired) electrons. The van der Waals surface area contributed by atoms with Crippen molar-refractivity contribution in [3.05, 3.63) is 35.2 Å². The Morgan fingerprint density at radius 1 is 1.32 bits per heavy atom. The van der Waals surface area contributed by atoms with Crippen molar-refractivity contribution in [2.24, 2.45) is 0 Å². The lowest BCUT2D eigenvalue weighted by atomic mass is 10.1. The molecule has 0 fully saturated rings. The average Bonchev–Trinajstić information content (AvgIpc) is 3.07. The van der Waals surface area contributed by atoms with Crippen LogP contribution in [0.3, 0.4) is 0 Å².